The van der Waals surface area contributed by atoms with E-state index in [1.807, 2.05) is 13.8 Å². The fourth-order valence-electron chi connectivity index (χ4n) is 4.14. The highest BCUT2D eigenvalue weighted by atomic mass is 28.3. The second-order valence-electron chi connectivity index (χ2n) is 7.93. The van der Waals surface area contributed by atoms with E-state index >= 15 is 0 Å². The summed E-state index contributed by atoms with van der Waals surface area (Å²) in [5, 5.41) is 0. The van der Waals surface area contributed by atoms with Crippen LogP contribution in [0.3, 0.4) is 0 Å². The molecule has 22 heavy (non-hydrogen) atoms. The van der Waals surface area contributed by atoms with Crippen molar-refractivity contribution >= 4 is 20.0 Å². The van der Waals surface area contributed by atoms with Crippen LogP contribution in [-0.2, 0) is 23.8 Å². The van der Waals surface area contributed by atoms with E-state index in [4.69, 9.17) is 14.2 Å². The van der Waals surface area contributed by atoms with E-state index in [1.165, 1.54) is 14.2 Å². The number of carbonyl (C=O) groups is 2. The number of rotatable bonds is 5. The Kier molecular flexibility index (Phi) is 5.50. The van der Waals surface area contributed by atoms with Gasteiger partial charge in [-0.25, -0.2) is 0 Å². The molecule has 0 aromatic carbocycles. The van der Waals surface area contributed by atoms with Crippen LogP contribution in [0.25, 0.3) is 0 Å². The Hall–Kier alpha value is -0.883. The molecule has 0 aromatic heterocycles. The molecule has 0 spiro atoms. The molecule has 0 saturated heterocycles. The first-order chi connectivity index (χ1) is 9.98. The van der Waals surface area contributed by atoms with Gasteiger partial charge in [-0.2, -0.15) is 0 Å². The molecule has 0 N–H and O–H groups in total. The van der Waals surface area contributed by atoms with Crippen molar-refractivity contribution in [3.8, 4) is 0 Å². The zero-order valence-electron chi connectivity index (χ0n) is 15.1. The molecule has 1 fully saturated rings. The monoisotopic (exact) mass is 330 g/mol. The number of ether oxygens (including phenoxy) is 3. The minimum Gasteiger partial charge on any atom is -0.468 e. The maximum atomic E-state index is 12.7. The number of methoxy groups -OCH3 is 3. The van der Waals surface area contributed by atoms with Gasteiger partial charge in [0.15, 0.2) is 5.41 Å². The molecule has 6 heteroatoms. The molecule has 2 atom stereocenters. The number of hydrogen-bond donors (Lipinski definition) is 0. The molecule has 0 unspecified atom stereocenters. The van der Waals surface area contributed by atoms with E-state index in [0.717, 1.165) is 6.04 Å². The van der Waals surface area contributed by atoms with Crippen LogP contribution in [0.4, 0.5) is 0 Å². The molecule has 0 bridgehead atoms. The topological polar surface area (TPSA) is 61.8 Å². The van der Waals surface area contributed by atoms with E-state index in [1.54, 1.807) is 7.11 Å². The third-order valence-electron chi connectivity index (χ3n) is 5.09. The number of carbonyl (C=O) groups excluding carboxylic acids is 2. The molecule has 1 aliphatic carbocycles. The first-order valence-electron chi connectivity index (χ1n) is 7.68. The second kappa shape index (κ2) is 6.32. The Labute approximate surface area is 134 Å². The Morgan fingerprint density at radius 1 is 1.05 bits per heavy atom. The van der Waals surface area contributed by atoms with Crippen molar-refractivity contribution in [3.63, 3.8) is 0 Å². The lowest BCUT2D eigenvalue weighted by Gasteiger charge is -2.42. The highest BCUT2D eigenvalue weighted by Crippen LogP contribution is 2.60. The van der Waals surface area contributed by atoms with Crippen LogP contribution >= 0.6 is 0 Å². The molecule has 1 rings (SSSR count). The predicted octanol–water partition coefficient (Wildman–Crippen LogP) is 2.72. The summed E-state index contributed by atoms with van der Waals surface area (Å²) in [4.78, 5) is 25.5. The first-order valence-corrected chi connectivity index (χ1v) is 11.4. The fourth-order valence-corrected chi connectivity index (χ4v) is 6.09. The van der Waals surface area contributed by atoms with Crippen molar-refractivity contribution in [2.45, 2.75) is 52.1 Å². The van der Waals surface area contributed by atoms with Crippen LogP contribution in [0.15, 0.2) is 0 Å². The van der Waals surface area contributed by atoms with Crippen LogP contribution in [0.2, 0.25) is 25.7 Å². The standard InChI is InChI=1S/C16H30O5Si/c1-15(2)12(19-3)9-11(10-22(6,7)8)16(15,13(17)20-4)14(18)21-5/h11-12H,9-10H2,1-8H3/t11-,12+/m0/s1. The van der Waals surface area contributed by atoms with Gasteiger partial charge >= 0.3 is 11.9 Å². The van der Waals surface area contributed by atoms with Crippen LogP contribution in [-0.4, -0.2) is 47.4 Å². The third-order valence-corrected chi connectivity index (χ3v) is 6.81. The predicted molar refractivity (Wildman–Crippen MR) is 87.3 cm³/mol. The molecule has 1 saturated carbocycles. The van der Waals surface area contributed by atoms with Gasteiger partial charge in [0.05, 0.1) is 20.3 Å². The van der Waals surface area contributed by atoms with E-state index in [9.17, 15) is 9.59 Å². The summed E-state index contributed by atoms with van der Waals surface area (Å²) in [6, 6.07) is 0.848. The Morgan fingerprint density at radius 2 is 1.50 bits per heavy atom. The Morgan fingerprint density at radius 3 is 1.82 bits per heavy atom. The summed E-state index contributed by atoms with van der Waals surface area (Å²) >= 11 is 0. The summed E-state index contributed by atoms with van der Waals surface area (Å²) < 4.78 is 15.7. The third kappa shape index (κ3) is 2.83. The quantitative estimate of drug-likeness (QED) is 0.441. The van der Waals surface area contributed by atoms with E-state index in [0.29, 0.717) is 6.42 Å². The van der Waals surface area contributed by atoms with Crippen LogP contribution in [0, 0.1) is 16.7 Å². The molecule has 0 radical (unpaired) electrons. The normalized spacial score (nSPS) is 26.5. The van der Waals surface area contributed by atoms with Gasteiger partial charge in [0, 0.05) is 20.6 Å². The van der Waals surface area contributed by atoms with Gasteiger partial charge in [0.1, 0.15) is 0 Å². The van der Waals surface area contributed by atoms with Crippen molar-refractivity contribution in [1.29, 1.82) is 0 Å². The van der Waals surface area contributed by atoms with Gasteiger partial charge in [-0.15, -0.1) is 0 Å². The molecule has 128 valence electrons. The summed E-state index contributed by atoms with van der Waals surface area (Å²) in [6.07, 6.45) is 0.477. The fraction of sp³-hybridized carbons (Fsp3) is 0.875. The second-order valence-corrected chi connectivity index (χ2v) is 13.5. The van der Waals surface area contributed by atoms with Gasteiger partial charge in [0.25, 0.3) is 0 Å². The molecular formula is C16H30O5Si. The minimum atomic E-state index is -1.50. The van der Waals surface area contributed by atoms with Crippen LogP contribution in [0.1, 0.15) is 20.3 Å². The summed E-state index contributed by atoms with van der Waals surface area (Å²) in [5.41, 5.74) is -2.00. The summed E-state index contributed by atoms with van der Waals surface area (Å²) in [6.45, 7) is 10.5. The van der Waals surface area contributed by atoms with Crippen molar-refractivity contribution in [2.24, 2.45) is 16.7 Å². The molecule has 5 nitrogen and oxygen atoms in total. The van der Waals surface area contributed by atoms with E-state index in [2.05, 4.69) is 19.6 Å². The Bertz CT molecular complexity index is 422. The zero-order chi connectivity index (χ0) is 17.3. The van der Waals surface area contributed by atoms with Crippen LogP contribution in [0.5, 0.6) is 0 Å². The van der Waals surface area contributed by atoms with E-state index < -0.39 is 30.8 Å². The number of esters is 2. The lowest BCUT2D eigenvalue weighted by Crippen LogP contribution is -2.55. The highest BCUT2D eigenvalue weighted by Gasteiger charge is 2.70. The van der Waals surface area contributed by atoms with Crippen LogP contribution < -0.4 is 0 Å². The minimum absolute atomic E-state index is 0.126. The first kappa shape index (κ1) is 19.2. The van der Waals surface area contributed by atoms with Gasteiger partial charge in [0.2, 0.25) is 0 Å². The molecule has 0 heterocycles. The Balaban J connectivity index is 3.52. The maximum absolute atomic E-state index is 12.7. The molecule has 0 aromatic rings. The zero-order valence-corrected chi connectivity index (χ0v) is 16.1. The van der Waals surface area contributed by atoms with E-state index in [-0.39, 0.29) is 12.0 Å². The average molecular weight is 330 g/mol. The number of hydrogen-bond acceptors (Lipinski definition) is 5. The largest absolute Gasteiger partial charge is 0.468 e. The van der Waals surface area contributed by atoms with Crippen molar-refractivity contribution in [1.82, 2.24) is 0 Å². The lowest BCUT2D eigenvalue weighted by atomic mass is 9.63. The SMILES string of the molecule is COC(=O)C1(C(=O)OC)[C@H](C[Si](C)(C)C)C[C@@H](OC)C1(C)C. The molecule has 1 aliphatic rings. The molecule has 0 aliphatic heterocycles. The molecular weight excluding hydrogens is 300 g/mol. The summed E-state index contributed by atoms with van der Waals surface area (Å²) in [7, 11) is 2.78. The van der Waals surface area contributed by atoms with Crippen molar-refractivity contribution in [3.05, 3.63) is 0 Å². The van der Waals surface area contributed by atoms with Gasteiger partial charge < -0.3 is 14.2 Å². The molecule has 0 amide bonds. The summed E-state index contributed by atoms with van der Waals surface area (Å²) in [5.74, 6) is -1.14. The van der Waals surface area contributed by atoms with Gasteiger partial charge in [-0.1, -0.05) is 39.5 Å². The average Bonchev–Trinajstić information content (AvgIpc) is 2.63. The van der Waals surface area contributed by atoms with Gasteiger partial charge in [-0.05, 0) is 12.3 Å². The van der Waals surface area contributed by atoms with Crippen molar-refractivity contribution in [2.75, 3.05) is 21.3 Å². The highest BCUT2D eigenvalue weighted by molar-refractivity contribution is 6.76. The smallest absolute Gasteiger partial charge is 0.324 e. The maximum Gasteiger partial charge on any atom is 0.324 e. The van der Waals surface area contributed by atoms with Crippen molar-refractivity contribution < 1.29 is 23.8 Å². The van der Waals surface area contributed by atoms with Gasteiger partial charge in [-0.3, -0.25) is 9.59 Å². The lowest BCUT2D eigenvalue weighted by molar-refractivity contribution is -0.183.